The first-order chi connectivity index (χ1) is 17.0. The molecule has 1 unspecified atom stereocenters. The zero-order chi connectivity index (χ0) is 26.7. The summed E-state index contributed by atoms with van der Waals surface area (Å²) < 4.78 is 17.1. The van der Waals surface area contributed by atoms with Gasteiger partial charge in [0.05, 0.1) is 0 Å². The average Bonchev–Trinajstić information content (AvgIpc) is 3.20. The predicted octanol–water partition coefficient (Wildman–Crippen LogP) is 3.02. The number of benzene rings is 1. The number of carbonyl (C=O) groups is 3. The first kappa shape index (κ1) is 28.2. The average molecular weight is 505 g/mol. The first-order valence-corrected chi connectivity index (χ1v) is 11.2. The largest absolute Gasteiger partial charge is 0.490 e. The molecule has 2 rings (SSSR count). The standard InChI is InChI=1S/C24H32N4O8/c1-5-13-34-23(33)26-20-18(16-7-9-17(10-8-16)35-15-19(29)21(30)31)14-28(27-20)12-6-11-25-22(32)36-24(2,3)4/h5,7-10,14,19,29H,1,6,11-13,15H2,2-4H3,(H,25,32)(H,30,31)(H,26,27,33). The smallest absolute Gasteiger partial charge is 0.413 e. The molecule has 0 bridgehead atoms. The lowest BCUT2D eigenvalue weighted by molar-refractivity contribution is -0.148. The molecule has 2 aromatic rings. The van der Waals surface area contributed by atoms with Crippen molar-refractivity contribution in [3.8, 4) is 16.9 Å². The molecule has 0 saturated carbocycles. The molecule has 0 aliphatic heterocycles. The summed E-state index contributed by atoms with van der Waals surface area (Å²) in [5.74, 6) is -0.752. The van der Waals surface area contributed by atoms with Gasteiger partial charge in [-0.3, -0.25) is 10.00 Å². The molecule has 12 nitrogen and oxygen atoms in total. The fourth-order valence-corrected chi connectivity index (χ4v) is 2.83. The quantitative estimate of drug-likeness (QED) is 0.251. The Morgan fingerprint density at radius 3 is 2.50 bits per heavy atom. The molecule has 0 aliphatic rings. The van der Waals surface area contributed by atoms with E-state index in [2.05, 4.69) is 22.3 Å². The SMILES string of the molecule is C=CCOC(=O)Nc1nn(CCCNC(=O)OC(C)(C)C)cc1-c1ccc(OCC(O)C(=O)O)cc1. The molecule has 1 aromatic heterocycles. The van der Waals surface area contributed by atoms with E-state index in [1.54, 1.807) is 55.9 Å². The molecule has 1 aromatic carbocycles. The van der Waals surface area contributed by atoms with Crippen LogP contribution in [0.15, 0.2) is 43.1 Å². The second kappa shape index (κ2) is 13.1. The molecule has 196 valence electrons. The lowest BCUT2D eigenvalue weighted by Gasteiger charge is -2.19. The minimum Gasteiger partial charge on any atom is -0.490 e. The summed E-state index contributed by atoms with van der Waals surface area (Å²) >= 11 is 0. The Bertz CT molecular complexity index is 1040. The number of carboxylic acid groups (broad SMARTS) is 1. The number of alkyl carbamates (subject to hydrolysis) is 1. The second-order valence-corrected chi connectivity index (χ2v) is 8.64. The van der Waals surface area contributed by atoms with Crippen LogP contribution in [0.1, 0.15) is 27.2 Å². The van der Waals surface area contributed by atoms with Gasteiger partial charge in [0, 0.05) is 24.8 Å². The number of carbonyl (C=O) groups excluding carboxylic acids is 2. The van der Waals surface area contributed by atoms with Crippen LogP contribution in [0, 0.1) is 0 Å². The van der Waals surface area contributed by atoms with Crippen LogP contribution in [0.25, 0.3) is 11.1 Å². The number of aromatic nitrogens is 2. The maximum Gasteiger partial charge on any atom is 0.413 e. The molecule has 0 fully saturated rings. The number of hydrogen-bond donors (Lipinski definition) is 4. The molecule has 4 N–H and O–H groups in total. The molecule has 2 amide bonds. The van der Waals surface area contributed by atoms with Crippen LogP contribution in [0.2, 0.25) is 0 Å². The molecular weight excluding hydrogens is 472 g/mol. The molecule has 0 aliphatic carbocycles. The fourth-order valence-electron chi connectivity index (χ4n) is 2.83. The number of aliphatic hydroxyl groups excluding tert-OH is 1. The predicted molar refractivity (Wildman–Crippen MR) is 131 cm³/mol. The minimum absolute atomic E-state index is 0.0342. The van der Waals surface area contributed by atoms with Crippen molar-refractivity contribution in [3.63, 3.8) is 0 Å². The third-order valence-electron chi connectivity index (χ3n) is 4.40. The molecule has 1 atom stereocenters. The van der Waals surface area contributed by atoms with E-state index in [-0.39, 0.29) is 12.4 Å². The van der Waals surface area contributed by atoms with Crippen molar-refractivity contribution in [3.05, 3.63) is 43.1 Å². The van der Waals surface area contributed by atoms with Crippen LogP contribution in [-0.2, 0) is 20.8 Å². The molecule has 0 radical (unpaired) electrons. The van der Waals surface area contributed by atoms with E-state index in [4.69, 9.17) is 19.3 Å². The number of anilines is 1. The Kier molecular flexibility index (Phi) is 10.3. The van der Waals surface area contributed by atoms with Gasteiger partial charge in [-0.05, 0) is 44.9 Å². The summed E-state index contributed by atoms with van der Waals surface area (Å²) in [5.41, 5.74) is 0.708. The van der Waals surface area contributed by atoms with Crippen LogP contribution in [0.4, 0.5) is 15.4 Å². The summed E-state index contributed by atoms with van der Waals surface area (Å²) in [6.45, 7) is 9.30. The number of aryl methyl sites for hydroxylation is 1. The number of carboxylic acids is 1. The van der Waals surface area contributed by atoms with Gasteiger partial charge in [0.1, 0.15) is 24.6 Å². The molecule has 0 saturated heterocycles. The number of nitrogens with one attached hydrogen (secondary N) is 2. The van der Waals surface area contributed by atoms with Crippen LogP contribution in [-0.4, -0.2) is 69.6 Å². The number of rotatable bonds is 12. The van der Waals surface area contributed by atoms with E-state index in [0.29, 0.717) is 36.4 Å². The van der Waals surface area contributed by atoms with E-state index >= 15 is 0 Å². The van der Waals surface area contributed by atoms with Gasteiger partial charge in [-0.15, -0.1) is 0 Å². The van der Waals surface area contributed by atoms with E-state index in [9.17, 15) is 19.5 Å². The van der Waals surface area contributed by atoms with Crippen molar-refractivity contribution in [2.24, 2.45) is 0 Å². The number of ether oxygens (including phenoxy) is 3. The zero-order valence-corrected chi connectivity index (χ0v) is 20.5. The van der Waals surface area contributed by atoms with Crippen molar-refractivity contribution in [2.75, 3.05) is 25.1 Å². The number of hydrogen-bond acceptors (Lipinski definition) is 8. The summed E-state index contributed by atoms with van der Waals surface area (Å²) in [7, 11) is 0. The lowest BCUT2D eigenvalue weighted by atomic mass is 10.1. The lowest BCUT2D eigenvalue weighted by Crippen LogP contribution is -2.33. The van der Waals surface area contributed by atoms with E-state index < -0.39 is 36.5 Å². The Balaban J connectivity index is 2.09. The Morgan fingerprint density at radius 1 is 1.19 bits per heavy atom. The Morgan fingerprint density at radius 2 is 1.89 bits per heavy atom. The maximum absolute atomic E-state index is 12.1. The highest BCUT2D eigenvalue weighted by atomic mass is 16.6. The van der Waals surface area contributed by atoms with Gasteiger partial charge in [0.2, 0.25) is 0 Å². The number of amides is 2. The van der Waals surface area contributed by atoms with Gasteiger partial charge in [0.25, 0.3) is 0 Å². The molecule has 0 spiro atoms. The second-order valence-electron chi connectivity index (χ2n) is 8.64. The summed E-state index contributed by atoms with van der Waals surface area (Å²) in [6, 6.07) is 6.61. The molecule has 36 heavy (non-hydrogen) atoms. The number of aliphatic carboxylic acids is 1. The maximum atomic E-state index is 12.1. The van der Waals surface area contributed by atoms with Crippen molar-refractivity contribution >= 4 is 24.0 Å². The van der Waals surface area contributed by atoms with Gasteiger partial charge in [-0.1, -0.05) is 24.8 Å². The number of aliphatic hydroxyl groups is 1. The topological polar surface area (TPSA) is 161 Å². The normalized spacial score (nSPS) is 11.8. The Hall–Kier alpha value is -4.06. The third kappa shape index (κ3) is 9.66. The van der Waals surface area contributed by atoms with Crippen molar-refractivity contribution in [1.29, 1.82) is 0 Å². The number of nitrogens with zero attached hydrogens (tertiary/aromatic N) is 2. The van der Waals surface area contributed by atoms with Crippen LogP contribution < -0.4 is 15.4 Å². The third-order valence-corrected chi connectivity index (χ3v) is 4.40. The van der Waals surface area contributed by atoms with Crippen LogP contribution in [0.5, 0.6) is 5.75 Å². The zero-order valence-electron chi connectivity index (χ0n) is 20.5. The van der Waals surface area contributed by atoms with E-state index in [1.807, 2.05) is 0 Å². The molecular formula is C24H32N4O8. The molecule has 12 heteroatoms. The first-order valence-electron chi connectivity index (χ1n) is 11.2. The minimum atomic E-state index is -1.63. The summed E-state index contributed by atoms with van der Waals surface area (Å²) in [5, 5.41) is 27.8. The van der Waals surface area contributed by atoms with Gasteiger partial charge in [0.15, 0.2) is 11.9 Å². The van der Waals surface area contributed by atoms with E-state index in [0.717, 1.165) is 0 Å². The van der Waals surface area contributed by atoms with Gasteiger partial charge >= 0.3 is 18.2 Å². The van der Waals surface area contributed by atoms with E-state index in [1.165, 1.54) is 6.08 Å². The monoisotopic (exact) mass is 504 g/mol. The van der Waals surface area contributed by atoms with Crippen LogP contribution in [0.3, 0.4) is 0 Å². The van der Waals surface area contributed by atoms with Crippen LogP contribution >= 0.6 is 0 Å². The van der Waals surface area contributed by atoms with Gasteiger partial charge in [-0.25, -0.2) is 14.4 Å². The van der Waals surface area contributed by atoms with Gasteiger partial charge < -0.3 is 29.7 Å². The highest BCUT2D eigenvalue weighted by Gasteiger charge is 2.17. The van der Waals surface area contributed by atoms with Crippen molar-refractivity contribution in [2.45, 2.75) is 45.4 Å². The summed E-state index contributed by atoms with van der Waals surface area (Å²) in [4.78, 5) is 34.6. The highest BCUT2D eigenvalue weighted by Crippen LogP contribution is 2.29. The highest BCUT2D eigenvalue weighted by molar-refractivity contribution is 5.89. The van der Waals surface area contributed by atoms with Gasteiger partial charge in [-0.2, -0.15) is 5.10 Å². The Labute approximate surface area is 208 Å². The van der Waals surface area contributed by atoms with Crippen molar-refractivity contribution in [1.82, 2.24) is 15.1 Å². The fraction of sp³-hybridized carbons (Fsp3) is 0.417. The molecule has 1 heterocycles. The summed E-state index contributed by atoms with van der Waals surface area (Å²) in [6.07, 6.45) is 0.895. The van der Waals surface area contributed by atoms with Crippen molar-refractivity contribution < 1.29 is 38.8 Å².